The van der Waals surface area contributed by atoms with Gasteiger partial charge < -0.3 is 10.1 Å². The lowest BCUT2D eigenvalue weighted by Gasteiger charge is -2.35. The van der Waals surface area contributed by atoms with Gasteiger partial charge in [-0.2, -0.15) is 26.3 Å². The lowest BCUT2D eigenvalue weighted by molar-refractivity contribution is -0.348. The summed E-state index contributed by atoms with van der Waals surface area (Å²) in [5, 5.41) is 2.33. The summed E-state index contributed by atoms with van der Waals surface area (Å²) in [5.74, 6) is -1.08. The average molecular weight is 613 g/mol. The van der Waals surface area contributed by atoms with Gasteiger partial charge in [0.15, 0.2) is 9.84 Å². The maximum atomic E-state index is 14.4. The third-order valence-corrected chi connectivity index (χ3v) is 8.35. The Kier molecular flexibility index (Phi) is 9.30. The van der Waals surface area contributed by atoms with Crippen LogP contribution in [0.3, 0.4) is 0 Å². The van der Waals surface area contributed by atoms with Gasteiger partial charge in [-0.05, 0) is 48.2 Å². The van der Waals surface area contributed by atoms with Crippen molar-refractivity contribution >= 4 is 27.5 Å². The number of nitrogens with zero attached hydrogens (tertiary/aromatic N) is 1. The van der Waals surface area contributed by atoms with Crippen molar-refractivity contribution in [2.75, 3.05) is 24.2 Å². The quantitative estimate of drug-likeness (QED) is 0.281. The molecule has 0 spiro atoms. The molecule has 3 rings (SSSR count). The number of fused-ring (bicyclic) bond motifs is 1. The van der Waals surface area contributed by atoms with Crippen LogP contribution in [0.4, 0.5) is 41.2 Å². The highest BCUT2D eigenvalue weighted by Crippen LogP contribution is 2.53. The van der Waals surface area contributed by atoms with Crippen LogP contribution < -0.4 is 5.32 Å². The van der Waals surface area contributed by atoms with Gasteiger partial charge in [-0.15, -0.1) is 0 Å². The first-order valence-electron chi connectivity index (χ1n) is 12.5. The van der Waals surface area contributed by atoms with Crippen molar-refractivity contribution in [3.8, 4) is 0 Å². The summed E-state index contributed by atoms with van der Waals surface area (Å²) in [6.07, 6.45) is -12.0. The van der Waals surface area contributed by atoms with Crippen molar-refractivity contribution in [3.05, 3.63) is 59.2 Å². The summed E-state index contributed by atoms with van der Waals surface area (Å²) >= 11 is 0. The van der Waals surface area contributed by atoms with Crippen LogP contribution in [0.25, 0.3) is 0 Å². The van der Waals surface area contributed by atoms with Crippen LogP contribution in [0.1, 0.15) is 49.4 Å². The molecule has 1 unspecified atom stereocenters. The van der Waals surface area contributed by atoms with E-state index in [0.29, 0.717) is 30.5 Å². The highest BCUT2D eigenvalue weighted by Gasteiger charge is 2.73. The first kappa shape index (κ1) is 32.2. The predicted octanol–water partition coefficient (Wildman–Crippen LogP) is 6.24. The molecule has 0 aromatic heterocycles. The number of benzene rings is 2. The Bertz CT molecular complexity index is 1360. The topological polar surface area (TPSA) is 92.8 Å². The summed E-state index contributed by atoms with van der Waals surface area (Å²) in [4.78, 5) is 27.3. The van der Waals surface area contributed by atoms with Crippen molar-refractivity contribution in [2.24, 2.45) is 0 Å². The zero-order chi connectivity index (χ0) is 30.8. The molecule has 1 heterocycles. The molecule has 1 N–H and O–H groups in total. The molecule has 0 aliphatic carbocycles. The molecule has 2 aromatic rings. The number of unbranched alkanes of at least 4 members (excludes halogenated alkanes) is 1. The minimum absolute atomic E-state index is 0.0107. The fraction of sp³-hybridized carbons (Fsp3) is 0.462. The van der Waals surface area contributed by atoms with Gasteiger partial charge in [-0.1, -0.05) is 38.5 Å². The van der Waals surface area contributed by atoms with E-state index in [4.69, 9.17) is 4.74 Å². The van der Waals surface area contributed by atoms with E-state index < -0.39 is 51.5 Å². The zero-order valence-electron chi connectivity index (χ0n) is 21.9. The molecule has 1 atom stereocenters. The van der Waals surface area contributed by atoms with E-state index in [1.54, 1.807) is 0 Å². The number of ether oxygens (including phenoxy) is 1. The van der Waals surface area contributed by atoms with Crippen molar-refractivity contribution < 1.29 is 53.5 Å². The van der Waals surface area contributed by atoms with Crippen molar-refractivity contribution in [2.45, 2.75) is 62.1 Å². The second-order valence-electron chi connectivity index (χ2n) is 9.30. The van der Waals surface area contributed by atoms with Crippen molar-refractivity contribution in [1.82, 2.24) is 4.90 Å². The largest absolute Gasteiger partial charge is 0.449 e. The zero-order valence-corrected chi connectivity index (χ0v) is 22.7. The number of halogens is 7. The number of sulfone groups is 1. The third kappa shape index (κ3) is 6.44. The number of carbonyl (C=O) groups excluding carboxylic acids is 2. The molecule has 15 heteroatoms. The van der Waals surface area contributed by atoms with Crippen LogP contribution in [0.2, 0.25) is 0 Å². The van der Waals surface area contributed by atoms with Gasteiger partial charge in [0.2, 0.25) is 0 Å². The van der Waals surface area contributed by atoms with Crippen LogP contribution in [-0.4, -0.2) is 56.6 Å². The van der Waals surface area contributed by atoms with E-state index in [1.165, 1.54) is 25.1 Å². The van der Waals surface area contributed by atoms with E-state index in [1.807, 2.05) is 6.92 Å². The molecule has 0 saturated carbocycles. The lowest BCUT2D eigenvalue weighted by Crippen LogP contribution is -2.50. The Morgan fingerprint density at radius 2 is 1.59 bits per heavy atom. The number of anilines is 1. The van der Waals surface area contributed by atoms with E-state index in [0.717, 1.165) is 4.90 Å². The number of hydrogen-bond donors (Lipinski definition) is 1. The fourth-order valence-corrected chi connectivity index (χ4v) is 5.24. The number of hydrogen-bond acceptors (Lipinski definition) is 5. The minimum atomic E-state index is -6.30. The molecule has 0 radical (unpaired) electrons. The Morgan fingerprint density at radius 3 is 2.12 bits per heavy atom. The molecule has 41 heavy (non-hydrogen) atoms. The van der Waals surface area contributed by atoms with E-state index >= 15 is 0 Å². The molecule has 0 bridgehead atoms. The van der Waals surface area contributed by atoms with E-state index in [-0.39, 0.29) is 53.6 Å². The lowest BCUT2D eigenvalue weighted by atomic mass is 9.92. The molecular weight excluding hydrogens is 585 g/mol. The van der Waals surface area contributed by atoms with E-state index in [9.17, 15) is 48.7 Å². The number of carbonyl (C=O) groups is 2. The standard InChI is InChI=1S/C26H27F7N2O5S/c1-3-5-14-40-23(37)35-13-12-16-15-19(41(38,39)4-2)10-11-20(16)21(35)22(36)34-18-8-6-17(7-9-18)24(27,25(28,29)30)26(31,32)33/h6-11,15,21H,3-5,12-14H2,1-2H3,(H,34,36). The fourth-order valence-electron chi connectivity index (χ4n) is 4.31. The summed E-state index contributed by atoms with van der Waals surface area (Å²) in [6.45, 7) is 3.34. The number of nitrogens with one attached hydrogen (secondary N) is 1. The molecule has 1 aliphatic heterocycles. The summed E-state index contributed by atoms with van der Waals surface area (Å²) in [7, 11) is -3.60. The Labute approximate surface area is 231 Å². The maximum Gasteiger partial charge on any atom is 0.435 e. The van der Waals surface area contributed by atoms with Gasteiger partial charge >= 0.3 is 24.1 Å². The summed E-state index contributed by atoms with van der Waals surface area (Å²) < 4.78 is 123. The Balaban J connectivity index is 1.97. The minimum Gasteiger partial charge on any atom is -0.449 e. The molecule has 2 aromatic carbocycles. The van der Waals surface area contributed by atoms with Gasteiger partial charge in [0.1, 0.15) is 6.04 Å². The molecule has 226 valence electrons. The highest BCUT2D eigenvalue weighted by atomic mass is 32.2. The number of rotatable bonds is 8. The van der Waals surface area contributed by atoms with Crippen molar-refractivity contribution in [3.63, 3.8) is 0 Å². The third-order valence-electron chi connectivity index (χ3n) is 6.62. The van der Waals surface area contributed by atoms with Gasteiger partial charge in [-0.25, -0.2) is 17.6 Å². The smallest absolute Gasteiger partial charge is 0.435 e. The van der Waals surface area contributed by atoms with E-state index in [2.05, 4.69) is 5.32 Å². The van der Waals surface area contributed by atoms with Gasteiger partial charge in [0.25, 0.3) is 5.91 Å². The number of alkyl halides is 7. The monoisotopic (exact) mass is 612 g/mol. The number of amides is 2. The van der Waals surface area contributed by atoms with Crippen LogP contribution in [-0.2, 0) is 31.5 Å². The second-order valence-corrected chi connectivity index (χ2v) is 11.6. The molecule has 2 amide bonds. The summed E-state index contributed by atoms with van der Waals surface area (Å²) in [6, 6.07) is 4.49. The summed E-state index contributed by atoms with van der Waals surface area (Å²) in [5.41, 5.74) is -6.94. The molecule has 0 fully saturated rings. The van der Waals surface area contributed by atoms with Crippen LogP contribution in [0, 0.1) is 0 Å². The van der Waals surface area contributed by atoms with Gasteiger partial charge in [-0.3, -0.25) is 9.69 Å². The Hall–Kier alpha value is -3.36. The first-order valence-corrected chi connectivity index (χ1v) is 14.2. The van der Waals surface area contributed by atoms with Crippen LogP contribution in [0.5, 0.6) is 0 Å². The van der Waals surface area contributed by atoms with Crippen molar-refractivity contribution in [1.29, 1.82) is 0 Å². The molecule has 7 nitrogen and oxygen atoms in total. The molecular formula is C26H27F7N2O5S. The van der Waals surface area contributed by atoms with Gasteiger partial charge in [0, 0.05) is 17.8 Å². The highest BCUT2D eigenvalue weighted by molar-refractivity contribution is 7.91. The maximum absolute atomic E-state index is 14.4. The average Bonchev–Trinajstić information content (AvgIpc) is 2.90. The SMILES string of the molecule is CCCCOC(=O)N1CCc2cc(S(=O)(=O)CC)ccc2C1C(=O)Nc1ccc(C(F)(C(F)(F)F)C(F)(F)F)cc1. The van der Waals surface area contributed by atoms with Gasteiger partial charge in [0.05, 0.1) is 17.3 Å². The first-order chi connectivity index (χ1) is 19.0. The van der Waals surface area contributed by atoms with Crippen LogP contribution in [0.15, 0.2) is 47.4 Å². The predicted molar refractivity (Wildman–Crippen MR) is 134 cm³/mol. The molecule has 1 aliphatic rings. The Morgan fingerprint density at radius 1 is 0.976 bits per heavy atom. The van der Waals surface area contributed by atoms with Crippen LogP contribution >= 0.6 is 0 Å². The second kappa shape index (κ2) is 11.9. The normalized spacial score (nSPS) is 16.2. The molecule has 0 saturated heterocycles.